The predicted molar refractivity (Wildman–Crippen MR) is 47.6 cm³/mol. The lowest BCUT2D eigenvalue weighted by molar-refractivity contribution is 0.153. The molecule has 1 aromatic rings. The van der Waals surface area contributed by atoms with Crippen molar-refractivity contribution in [2.45, 2.75) is 26.0 Å². The second-order valence-electron chi connectivity index (χ2n) is 3.03. The quantitative estimate of drug-likeness (QED) is 0.682. The van der Waals surface area contributed by atoms with Crippen LogP contribution in [-0.4, -0.2) is 16.1 Å². The zero-order valence-electron chi connectivity index (χ0n) is 7.36. The monoisotopic (exact) mass is 166 g/mol. The van der Waals surface area contributed by atoms with Crippen LogP contribution in [0.1, 0.15) is 24.3 Å². The van der Waals surface area contributed by atoms with E-state index in [0.717, 1.165) is 11.3 Å². The minimum atomic E-state index is -0.591. The zero-order chi connectivity index (χ0) is 9.14. The van der Waals surface area contributed by atoms with Crippen molar-refractivity contribution in [2.75, 3.05) is 0 Å². The molecule has 66 valence electrons. The van der Waals surface area contributed by atoms with Crippen molar-refractivity contribution in [1.29, 1.82) is 0 Å². The van der Waals surface area contributed by atoms with E-state index in [4.69, 9.17) is 5.73 Å². The highest BCUT2D eigenvalue weighted by Gasteiger charge is 2.11. The number of aliphatic hydroxyl groups excluding tert-OH is 1. The number of aliphatic hydroxyl groups is 1. The Bertz CT molecular complexity index is 260. The van der Waals surface area contributed by atoms with E-state index in [1.54, 1.807) is 19.2 Å². The van der Waals surface area contributed by atoms with Crippen molar-refractivity contribution >= 4 is 0 Å². The second kappa shape index (κ2) is 3.65. The Morgan fingerprint density at radius 2 is 2.25 bits per heavy atom. The van der Waals surface area contributed by atoms with Crippen LogP contribution in [0.2, 0.25) is 0 Å². The summed E-state index contributed by atoms with van der Waals surface area (Å²) < 4.78 is 0. The molecule has 0 aromatic carbocycles. The lowest BCUT2D eigenvalue weighted by atomic mass is 10.1. The largest absolute Gasteiger partial charge is 0.387 e. The first kappa shape index (κ1) is 9.16. The molecule has 0 amide bonds. The number of rotatable bonds is 2. The molecule has 0 fully saturated rings. The Morgan fingerprint density at radius 1 is 1.58 bits per heavy atom. The van der Waals surface area contributed by atoms with Gasteiger partial charge in [-0.3, -0.25) is 4.98 Å². The fourth-order valence-corrected chi connectivity index (χ4v) is 1.06. The number of nitrogens with two attached hydrogens (primary N) is 1. The van der Waals surface area contributed by atoms with Crippen molar-refractivity contribution in [3.8, 4) is 0 Å². The minimum Gasteiger partial charge on any atom is -0.387 e. The van der Waals surface area contributed by atoms with Gasteiger partial charge >= 0.3 is 0 Å². The van der Waals surface area contributed by atoms with Gasteiger partial charge < -0.3 is 10.8 Å². The number of aryl methyl sites for hydroxylation is 1. The first-order valence-corrected chi connectivity index (χ1v) is 3.97. The summed E-state index contributed by atoms with van der Waals surface area (Å²) in [6.45, 7) is 3.66. The van der Waals surface area contributed by atoms with Gasteiger partial charge in [0.2, 0.25) is 0 Å². The average Bonchev–Trinajstić information content (AvgIpc) is 2.03. The lowest BCUT2D eigenvalue weighted by Gasteiger charge is -2.14. The predicted octanol–water partition coefficient (Wildman–Crippen LogP) is 0.771. The van der Waals surface area contributed by atoms with Gasteiger partial charge in [0, 0.05) is 17.9 Å². The van der Waals surface area contributed by atoms with Crippen molar-refractivity contribution in [2.24, 2.45) is 5.73 Å². The van der Waals surface area contributed by atoms with Crippen LogP contribution in [0.3, 0.4) is 0 Å². The summed E-state index contributed by atoms with van der Waals surface area (Å²) in [4.78, 5) is 4.03. The van der Waals surface area contributed by atoms with E-state index >= 15 is 0 Å². The summed E-state index contributed by atoms with van der Waals surface area (Å²) in [5, 5.41) is 9.57. The average molecular weight is 166 g/mol. The van der Waals surface area contributed by atoms with Gasteiger partial charge in [-0.1, -0.05) is 0 Å². The third kappa shape index (κ3) is 2.03. The number of pyridine rings is 1. The van der Waals surface area contributed by atoms with Crippen LogP contribution in [0.25, 0.3) is 0 Å². The van der Waals surface area contributed by atoms with Crippen LogP contribution in [-0.2, 0) is 0 Å². The van der Waals surface area contributed by atoms with E-state index in [9.17, 15) is 5.11 Å². The molecular formula is C9H14N2O. The maximum atomic E-state index is 9.57. The Balaban J connectivity index is 2.88. The molecule has 0 radical (unpaired) electrons. The highest BCUT2D eigenvalue weighted by atomic mass is 16.3. The van der Waals surface area contributed by atoms with Gasteiger partial charge in [-0.15, -0.1) is 0 Å². The minimum absolute atomic E-state index is 0.244. The number of hydrogen-bond acceptors (Lipinski definition) is 3. The van der Waals surface area contributed by atoms with Crippen LogP contribution in [0.15, 0.2) is 18.3 Å². The van der Waals surface area contributed by atoms with Crippen LogP contribution in [0.5, 0.6) is 0 Å². The molecule has 0 aliphatic heterocycles. The maximum absolute atomic E-state index is 9.57. The van der Waals surface area contributed by atoms with Crippen LogP contribution in [0.4, 0.5) is 0 Å². The summed E-state index contributed by atoms with van der Waals surface area (Å²) in [7, 11) is 0. The second-order valence-corrected chi connectivity index (χ2v) is 3.03. The lowest BCUT2D eigenvalue weighted by Crippen LogP contribution is -2.24. The summed E-state index contributed by atoms with van der Waals surface area (Å²) in [5.41, 5.74) is 7.27. The van der Waals surface area contributed by atoms with Crippen molar-refractivity contribution in [3.05, 3.63) is 29.6 Å². The Labute approximate surface area is 72.2 Å². The number of nitrogens with zero attached hydrogens (tertiary/aromatic N) is 1. The third-order valence-corrected chi connectivity index (χ3v) is 1.76. The summed E-state index contributed by atoms with van der Waals surface area (Å²) >= 11 is 0. The van der Waals surface area contributed by atoms with E-state index < -0.39 is 6.10 Å². The first-order chi connectivity index (χ1) is 5.61. The van der Waals surface area contributed by atoms with Crippen molar-refractivity contribution < 1.29 is 5.11 Å². The molecule has 12 heavy (non-hydrogen) atoms. The Hall–Kier alpha value is -0.930. The van der Waals surface area contributed by atoms with Crippen LogP contribution < -0.4 is 5.73 Å². The van der Waals surface area contributed by atoms with Gasteiger partial charge in [0.15, 0.2) is 0 Å². The highest BCUT2D eigenvalue weighted by Crippen LogP contribution is 2.14. The Kier molecular flexibility index (Phi) is 2.78. The summed E-state index contributed by atoms with van der Waals surface area (Å²) in [6, 6.07) is 3.38. The van der Waals surface area contributed by atoms with E-state index in [1.807, 2.05) is 13.0 Å². The van der Waals surface area contributed by atoms with Crippen LogP contribution in [0, 0.1) is 6.92 Å². The van der Waals surface area contributed by atoms with Gasteiger partial charge in [0.1, 0.15) is 0 Å². The van der Waals surface area contributed by atoms with Gasteiger partial charge in [-0.2, -0.15) is 0 Å². The standard InChI is InChI=1S/C9H14N2O/c1-6-5-8(3-4-11-6)9(12)7(2)10/h3-5,7,9,12H,10H2,1-2H3/t7-,9+/m1/s1. The molecule has 0 unspecified atom stereocenters. The molecule has 2 atom stereocenters. The summed E-state index contributed by atoms with van der Waals surface area (Å²) in [5.74, 6) is 0. The molecule has 1 aromatic heterocycles. The molecule has 0 aliphatic rings. The van der Waals surface area contributed by atoms with E-state index in [2.05, 4.69) is 4.98 Å². The molecule has 3 N–H and O–H groups in total. The molecule has 0 saturated heterocycles. The molecule has 0 saturated carbocycles. The van der Waals surface area contributed by atoms with Gasteiger partial charge in [0.05, 0.1) is 6.10 Å². The zero-order valence-corrected chi connectivity index (χ0v) is 7.36. The topological polar surface area (TPSA) is 59.1 Å². The highest BCUT2D eigenvalue weighted by molar-refractivity contribution is 5.18. The van der Waals surface area contributed by atoms with E-state index in [0.29, 0.717) is 0 Å². The smallest absolute Gasteiger partial charge is 0.0939 e. The summed E-state index contributed by atoms with van der Waals surface area (Å²) in [6.07, 6.45) is 1.09. The number of aromatic nitrogens is 1. The van der Waals surface area contributed by atoms with Gasteiger partial charge in [-0.05, 0) is 31.5 Å². The molecular weight excluding hydrogens is 152 g/mol. The molecule has 1 rings (SSSR count). The van der Waals surface area contributed by atoms with Gasteiger partial charge in [-0.25, -0.2) is 0 Å². The Morgan fingerprint density at radius 3 is 2.75 bits per heavy atom. The molecule has 0 spiro atoms. The first-order valence-electron chi connectivity index (χ1n) is 3.97. The van der Waals surface area contributed by atoms with Crippen molar-refractivity contribution in [1.82, 2.24) is 4.98 Å². The molecule has 3 heteroatoms. The maximum Gasteiger partial charge on any atom is 0.0939 e. The van der Waals surface area contributed by atoms with Crippen molar-refractivity contribution in [3.63, 3.8) is 0 Å². The molecule has 1 heterocycles. The normalized spacial score (nSPS) is 15.7. The van der Waals surface area contributed by atoms with Crippen LogP contribution >= 0.6 is 0 Å². The molecule has 0 aliphatic carbocycles. The van der Waals surface area contributed by atoms with Gasteiger partial charge in [0.25, 0.3) is 0 Å². The van der Waals surface area contributed by atoms with E-state index in [-0.39, 0.29) is 6.04 Å². The SMILES string of the molecule is Cc1cc([C@@H](O)[C@@H](C)N)ccn1. The fraction of sp³-hybridized carbons (Fsp3) is 0.444. The third-order valence-electron chi connectivity index (χ3n) is 1.76. The molecule has 0 bridgehead atoms. The van der Waals surface area contributed by atoms with E-state index in [1.165, 1.54) is 0 Å². The number of hydrogen-bond donors (Lipinski definition) is 2. The fourth-order valence-electron chi connectivity index (χ4n) is 1.06. The molecule has 3 nitrogen and oxygen atoms in total.